The van der Waals surface area contributed by atoms with Crippen molar-refractivity contribution >= 4 is 16.8 Å². The van der Waals surface area contributed by atoms with Gasteiger partial charge in [0.15, 0.2) is 28.8 Å². The summed E-state index contributed by atoms with van der Waals surface area (Å²) in [6.45, 7) is 1.94. The minimum atomic E-state index is -0.729. The number of pyridine rings is 3. The van der Waals surface area contributed by atoms with Gasteiger partial charge >= 0.3 is 0 Å². The van der Waals surface area contributed by atoms with Crippen LogP contribution in [-0.4, -0.2) is 41.1 Å². The zero-order valence-electron chi connectivity index (χ0n) is 22.9. The number of carbonyl (C=O) groups is 1. The number of halogens is 2. The molecule has 0 saturated carbocycles. The summed E-state index contributed by atoms with van der Waals surface area (Å²) in [5.41, 5.74) is 0.643. The number of ketones is 1. The van der Waals surface area contributed by atoms with Crippen molar-refractivity contribution in [2.45, 2.75) is 13.3 Å². The molecule has 0 N–H and O–H groups in total. The number of fused-ring (bicyclic) bond motifs is 1. The Kier molecular flexibility index (Phi) is 8.09. The molecule has 42 heavy (non-hydrogen) atoms. The number of rotatable bonds is 10. The lowest BCUT2D eigenvalue weighted by Crippen LogP contribution is -2.27. The first-order valence-corrected chi connectivity index (χ1v) is 12.8. The molecule has 2 aromatic carbocycles. The van der Waals surface area contributed by atoms with Crippen LogP contribution in [0.2, 0.25) is 0 Å². The highest BCUT2D eigenvalue weighted by Gasteiger charge is 2.21. The van der Waals surface area contributed by atoms with E-state index < -0.39 is 23.0 Å². The maximum atomic E-state index is 15.2. The molecule has 214 valence electrons. The summed E-state index contributed by atoms with van der Waals surface area (Å²) in [5, 5.41) is 0. The smallest absolute Gasteiger partial charge is 0.269 e. The van der Waals surface area contributed by atoms with E-state index in [1.807, 2.05) is 0 Å². The average molecular weight is 574 g/mol. The molecule has 0 saturated heterocycles. The van der Waals surface area contributed by atoms with E-state index in [4.69, 9.17) is 18.9 Å². The van der Waals surface area contributed by atoms with Crippen molar-refractivity contribution in [3.63, 3.8) is 0 Å². The maximum absolute atomic E-state index is 15.2. The number of benzene rings is 2. The third-order valence-electron chi connectivity index (χ3n) is 6.34. The van der Waals surface area contributed by atoms with Gasteiger partial charge in [-0.15, -0.1) is 0 Å². The van der Waals surface area contributed by atoms with Gasteiger partial charge < -0.3 is 18.9 Å². The van der Waals surface area contributed by atoms with E-state index in [0.717, 1.165) is 6.07 Å². The highest BCUT2D eigenvalue weighted by molar-refractivity contribution is 5.99. The van der Waals surface area contributed by atoms with Crippen LogP contribution in [0.25, 0.3) is 16.7 Å². The molecule has 3 heterocycles. The van der Waals surface area contributed by atoms with Crippen LogP contribution in [0.5, 0.6) is 28.9 Å². The summed E-state index contributed by atoms with van der Waals surface area (Å²) in [7, 11) is 2.92. The fourth-order valence-electron chi connectivity index (χ4n) is 4.37. The molecule has 0 atom stereocenters. The Bertz CT molecular complexity index is 1840. The lowest BCUT2D eigenvalue weighted by atomic mass is 10.0. The summed E-state index contributed by atoms with van der Waals surface area (Å²) in [6, 6.07) is 14.0. The van der Waals surface area contributed by atoms with Crippen molar-refractivity contribution in [1.29, 1.82) is 0 Å². The fourth-order valence-corrected chi connectivity index (χ4v) is 4.37. The van der Waals surface area contributed by atoms with Gasteiger partial charge in [0.1, 0.15) is 22.6 Å². The summed E-state index contributed by atoms with van der Waals surface area (Å²) < 4.78 is 51.7. The standard InChI is InChI=1S/C31H25F2N3O6/c1-4-41-25-12-14-36(20-8-6-19(32)7-9-20)31(38)28(25)23(37)16-18-5-10-24(21(33)15-18)42-26-11-13-34-22-17-27(39-2)30(40-3)35-29(22)26/h5-15,17H,4,16H2,1-3H3. The highest BCUT2D eigenvalue weighted by Crippen LogP contribution is 2.34. The van der Waals surface area contributed by atoms with E-state index in [2.05, 4.69) is 9.97 Å². The normalized spacial score (nSPS) is 10.9. The summed E-state index contributed by atoms with van der Waals surface area (Å²) in [4.78, 5) is 35.4. The third kappa shape index (κ3) is 5.62. The SMILES string of the molecule is CCOc1ccn(-c2ccc(F)cc2)c(=O)c1C(=O)Cc1ccc(Oc2ccnc3cc(OC)c(OC)nc23)c(F)c1. The first-order valence-electron chi connectivity index (χ1n) is 12.8. The first-order chi connectivity index (χ1) is 20.3. The fraction of sp³-hybridized carbons (Fsp3) is 0.161. The molecular weight excluding hydrogens is 548 g/mol. The van der Waals surface area contributed by atoms with Crippen molar-refractivity contribution in [2.24, 2.45) is 0 Å². The molecule has 0 unspecified atom stereocenters. The van der Waals surface area contributed by atoms with Crippen molar-refractivity contribution in [3.8, 4) is 34.6 Å². The van der Waals surface area contributed by atoms with Crippen LogP contribution < -0.4 is 24.5 Å². The van der Waals surface area contributed by atoms with E-state index in [1.165, 1.54) is 79.7 Å². The molecular formula is C31H25F2N3O6. The van der Waals surface area contributed by atoms with Crippen LogP contribution in [-0.2, 0) is 6.42 Å². The summed E-state index contributed by atoms with van der Waals surface area (Å²) in [5.74, 6) is -0.939. The molecule has 0 radical (unpaired) electrons. The number of Topliss-reactive ketones (excluding diaryl/α,β-unsaturated/α-hetero) is 1. The Labute approximate surface area is 238 Å². The Morgan fingerprint density at radius 2 is 1.69 bits per heavy atom. The first kappa shape index (κ1) is 28.2. The van der Waals surface area contributed by atoms with E-state index in [0.29, 0.717) is 28.0 Å². The van der Waals surface area contributed by atoms with E-state index >= 15 is 4.39 Å². The molecule has 11 heteroatoms. The second-order valence-electron chi connectivity index (χ2n) is 8.98. The van der Waals surface area contributed by atoms with Gasteiger partial charge in [0.2, 0.25) is 0 Å². The Morgan fingerprint density at radius 3 is 2.38 bits per heavy atom. The second-order valence-corrected chi connectivity index (χ2v) is 8.98. The number of nitrogens with zero attached hydrogens (tertiary/aromatic N) is 3. The zero-order chi connectivity index (χ0) is 29.8. The third-order valence-corrected chi connectivity index (χ3v) is 6.34. The molecule has 9 nitrogen and oxygen atoms in total. The lowest BCUT2D eigenvalue weighted by Gasteiger charge is -2.13. The van der Waals surface area contributed by atoms with E-state index in [9.17, 15) is 14.0 Å². The molecule has 0 fully saturated rings. The molecule has 0 aliphatic heterocycles. The van der Waals surface area contributed by atoms with Gasteiger partial charge in [0.05, 0.1) is 26.3 Å². The van der Waals surface area contributed by atoms with Crippen molar-refractivity contribution in [1.82, 2.24) is 14.5 Å². The minimum Gasteiger partial charge on any atom is -0.493 e. The number of hydrogen-bond donors (Lipinski definition) is 0. The molecule has 5 aromatic rings. The van der Waals surface area contributed by atoms with Crippen LogP contribution in [0.1, 0.15) is 22.8 Å². The number of ether oxygens (including phenoxy) is 4. The molecule has 0 bridgehead atoms. The van der Waals surface area contributed by atoms with Gasteiger partial charge in [-0.05, 0) is 55.0 Å². The van der Waals surface area contributed by atoms with Gasteiger partial charge in [-0.1, -0.05) is 6.07 Å². The Morgan fingerprint density at radius 1 is 0.905 bits per heavy atom. The molecule has 0 aliphatic rings. The predicted molar refractivity (Wildman–Crippen MR) is 150 cm³/mol. The topological polar surface area (TPSA) is 102 Å². The number of hydrogen-bond acceptors (Lipinski definition) is 8. The largest absolute Gasteiger partial charge is 0.493 e. The van der Waals surface area contributed by atoms with Gasteiger partial charge in [-0.25, -0.2) is 13.8 Å². The van der Waals surface area contributed by atoms with Gasteiger partial charge in [0.25, 0.3) is 11.4 Å². The summed E-state index contributed by atoms with van der Waals surface area (Å²) in [6.07, 6.45) is 2.66. The summed E-state index contributed by atoms with van der Waals surface area (Å²) >= 11 is 0. The van der Waals surface area contributed by atoms with Crippen LogP contribution in [0, 0.1) is 11.6 Å². The van der Waals surface area contributed by atoms with Crippen LogP contribution in [0.3, 0.4) is 0 Å². The Balaban J connectivity index is 1.43. The quantitative estimate of drug-likeness (QED) is 0.196. The molecule has 0 spiro atoms. The Hall–Kier alpha value is -5.32. The average Bonchev–Trinajstić information content (AvgIpc) is 2.98. The predicted octanol–water partition coefficient (Wildman–Crippen LogP) is 5.69. The molecule has 0 amide bonds. The monoisotopic (exact) mass is 573 g/mol. The van der Waals surface area contributed by atoms with Crippen molar-refractivity contribution < 1.29 is 32.5 Å². The van der Waals surface area contributed by atoms with Gasteiger partial charge in [-0.2, -0.15) is 0 Å². The molecule has 5 rings (SSSR count). The van der Waals surface area contributed by atoms with Crippen molar-refractivity contribution in [2.75, 3.05) is 20.8 Å². The lowest BCUT2D eigenvalue weighted by molar-refractivity contribution is 0.0987. The minimum absolute atomic E-state index is 0.107. The highest BCUT2D eigenvalue weighted by atomic mass is 19.1. The zero-order valence-corrected chi connectivity index (χ0v) is 22.9. The maximum Gasteiger partial charge on any atom is 0.269 e. The van der Waals surface area contributed by atoms with Crippen LogP contribution >= 0.6 is 0 Å². The molecule has 3 aromatic heterocycles. The molecule has 0 aliphatic carbocycles. The second kappa shape index (κ2) is 12.0. The van der Waals surface area contributed by atoms with Crippen LogP contribution in [0.15, 0.2) is 77.9 Å². The van der Waals surface area contributed by atoms with Crippen LogP contribution in [0.4, 0.5) is 8.78 Å². The van der Waals surface area contributed by atoms with Crippen molar-refractivity contribution in [3.05, 3.63) is 106 Å². The number of methoxy groups -OCH3 is 2. The van der Waals surface area contributed by atoms with Gasteiger partial charge in [-0.3, -0.25) is 19.1 Å². The van der Waals surface area contributed by atoms with E-state index in [1.54, 1.807) is 13.0 Å². The van der Waals surface area contributed by atoms with Gasteiger partial charge in [0, 0.05) is 36.6 Å². The number of carbonyl (C=O) groups excluding carboxylic acids is 1. The number of aromatic nitrogens is 3. The van der Waals surface area contributed by atoms with E-state index in [-0.39, 0.29) is 41.7 Å².